The van der Waals surface area contributed by atoms with Crippen molar-refractivity contribution in [2.45, 2.75) is 18.9 Å². The highest BCUT2D eigenvalue weighted by atomic mass is 32.2. The van der Waals surface area contributed by atoms with E-state index in [1.54, 1.807) is 31.4 Å². The Balaban J connectivity index is 1.87. The molecule has 1 saturated heterocycles. The predicted molar refractivity (Wildman–Crippen MR) is 112 cm³/mol. The maximum Gasteiger partial charge on any atom is 0.326 e. The number of hydrogen-bond donors (Lipinski definition) is 2. The molecule has 1 aromatic carbocycles. The Bertz CT molecular complexity index is 1050. The first-order chi connectivity index (χ1) is 13.8. The molecule has 1 aromatic heterocycles. The average Bonchev–Trinajstić information content (AvgIpc) is 2.95. The van der Waals surface area contributed by atoms with Crippen LogP contribution in [0.1, 0.15) is 18.5 Å². The van der Waals surface area contributed by atoms with Crippen molar-refractivity contribution in [3.8, 4) is 5.75 Å². The number of aromatic nitrogens is 1. The fourth-order valence-corrected chi connectivity index (χ4v) is 4.17. The topological polar surface area (TPSA) is 117 Å². The molecule has 1 amide bonds. The maximum atomic E-state index is 12.8. The van der Waals surface area contributed by atoms with Gasteiger partial charge in [-0.1, -0.05) is 30.0 Å². The fourth-order valence-electron chi connectivity index (χ4n) is 2.83. The summed E-state index contributed by atoms with van der Waals surface area (Å²) in [6, 6.07) is 7.65. The van der Waals surface area contributed by atoms with Gasteiger partial charge in [0.15, 0.2) is 0 Å². The van der Waals surface area contributed by atoms with Gasteiger partial charge in [-0.3, -0.25) is 14.5 Å². The number of amides is 1. The zero-order valence-corrected chi connectivity index (χ0v) is 16.8. The molecule has 1 atom stereocenters. The van der Waals surface area contributed by atoms with Gasteiger partial charge in [-0.15, -0.1) is 0 Å². The maximum absolute atomic E-state index is 12.8. The van der Waals surface area contributed by atoms with Crippen molar-refractivity contribution in [1.82, 2.24) is 9.88 Å². The van der Waals surface area contributed by atoms with E-state index >= 15 is 0 Å². The third kappa shape index (κ3) is 4.54. The van der Waals surface area contributed by atoms with Gasteiger partial charge in [0, 0.05) is 11.8 Å². The summed E-state index contributed by atoms with van der Waals surface area (Å²) in [5.41, 5.74) is 1.22. The third-order valence-corrected chi connectivity index (χ3v) is 5.58. The number of thioether (sulfide) groups is 1. The molecular weight excluding hydrogens is 416 g/mol. The number of methoxy groups -OCH3 is 1. The molecule has 1 unspecified atom stereocenters. The van der Waals surface area contributed by atoms with Crippen LogP contribution in [0.4, 0.5) is 0 Å². The lowest BCUT2D eigenvalue weighted by Crippen LogP contribution is -2.44. The van der Waals surface area contributed by atoms with Gasteiger partial charge in [-0.05, 0) is 36.8 Å². The van der Waals surface area contributed by atoms with Crippen LogP contribution in [0.2, 0.25) is 0 Å². The lowest BCUT2D eigenvalue weighted by molar-refractivity contribution is -0.146. The van der Waals surface area contributed by atoms with E-state index in [0.29, 0.717) is 17.0 Å². The van der Waals surface area contributed by atoms with E-state index in [0.717, 1.165) is 22.0 Å². The molecule has 0 radical (unpaired) electrons. The Kier molecular flexibility index (Phi) is 6.14. The van der Waals surface area contributed by atoms with Crippen molar-refractivity contribution < 1.29 is 29.3 Å². The summed E-state index contributed by atoms with van der Waals surface area (Å²) in [5, 5.41) is 19.1. The zero-order chi connectivity index (χ0) is 21.1. The number of pyridine rings is 1. The molecule has 1 fully saturated rings. The smallest absolute Gasteiger partial charge is 0.326 e. The van der Waals surface area contributed by atoms with Gasteiger partial charge in [-0.25, -0.2) is 9.78 Å². The number of thiocarbonyl (C=S) groups is 1. The van der Waals surface area contributed by atoms with Crippen molar-refractivity contribution in [3.63, 3.8) is 0 Å². The number of nitrogens with zero attached hydrogens (tertiary/aromatic N) is 2. The minimum atomic E-state index is -1.33. The van der Waals surface area contributed by atoms with E-state index in [4.69, 9.17) is 22.1 Å². The van der Waals surface area contributed by atoms with E-state index in [9.17, 15) is 19.5 Å². The highest BCUT2D eigenvalue weighted by Crippen LogP contribution is 2.35. The molecule has 8 nitrogen and oxygen atoms in total. The second-order valence-corrected chi connectivity index (χ2v) is 7.81. The van der Waals surface area contributed by atoms with Gasteiger partial charge in [0.1, 0.15) is 16.1 Å². The van der Waals surface area contributed by atoms with Crippen LogP contribution in [0.25, 0.3) is 17.0 Å². The number of hydrogen-bond acceptors (Lipinski definition) is 7. The van der Waals surface area contributed by atoms with Gasteiger partial charge in [0.2, 0.25) is 0 Å². The average molecular weight is 432 g/mol. The van der Waals surface area contributed by atoms with E-state index in [1.807, 2.05) is 12.1 Å². The second-order valence-electron chi connectivity index (χ2n) is 6.13. The molecule has 2 N–H and O–H groups in total. The largest absolute Gasteiger partial charge is 0.497 e. The van der Waals surface area contributed by atoms with Crippen molar-refractivity contribution in [2.75, 3.05) is 7.11 Å². The van der Waals surface area contributed by atoms with Gasteiger partial charge in [0.25, 0.3) is 5.91 Å². The minimum Gasteiger partial charge on any atom is -0.497 e. The Labute approximate surface area is 175 Å². The number of ether oxygens (including phenoxy) is 1. The van der Waals surface area contributed by atoms with Gasteiger partial charge < -0.3 is 14.9 Å². The van der Waals surface area contributed by atoms with Crippen LogP contribution in [0, 0.1) is 0 Å². The standard InChI is InChI=1S/C19H16N2O6S2/c1-27-12-4-5-13-10(8-12)2-3-11(20-13)9-15-17(24)21(19(28)29-15)14(18(25)26)6-7-16(22)23/h2-5,8-9,14H,6-7H2,1H3,(H,22,23)(H,25,26)/b15-9-. The summed E-state index contributed by atoms with van der Waals surface area (Å²) < 4.78 is 5.26. The molecule has 0 saturated carbocycles. The summed E-state index contributed by atoms with van der Waals surface area (Å²) in [5.74, 6) is -2.32. The summed E-state index contributed by atoms with van der Waals surface area (Å²) in [6.45, 7) is 0. The molecule has 29 heavy (non-hydrogen) atoms. The number of rotatable bonds is 7. The monoisotopic (exact) mass is 432 g/mol. The van der Waals surface area contributed by atoms with Crippen molar-refractivity contribution in [3.05, 3.63) is 40.9 Å². The molecule has 0 aliphatic carbocycles. The number of carboxylic acids is 2. The van der Waals surface area contributed by atoms with Crippen LogP contribution in [-0.2, 0) is 14.4 Å². The Morgan fingerprint density at radius 2 is 2.07 bits per heavy atom. The summed E-state index contributed by atoms with van der Waals surface area (Å²) >= 11 is 6.14. The van der Waals surface area contributed by atoms with Crippen LogP contribution in [0.3, 0.4) is 0 Å². The number of benzene rings is 1. The normalized spacial score (nSPS) is 16.4. The van der Waals surface area contributed by atoms with Gasteiger partial charge in [-0.2, -0.15) is 0 Å². The van der Waals surface area contributed by atoms with E-state index in [1.165, 1.54) is 0 Å². The van der Waals surface area contributed by atoms with Crippen LogP contribution in [-0.4, -0.2) is 55.4 Å². The molecule has 1 aliphatic heterocycles. The third-order valence-electron chi connectivity index (χ3n) is 4.25. The summed E-state index contributed by atoms with van der Waals surface area (Å²) in [7, 11) is 1.58. The predicted octanol–water partition coefficient (Wildman–Crippen LogP) is 2.76. The van der Waals surface area contributed by atoms with Crippen molar-refractivity contribution >= 4 is 63.1 Å². The SMILES string of the molecule is COc1ccc2nc(/C=C3\SC(=S)N(C(CCC(=O)O)C(=O)O)C3=O)ccc2c1. The number of carbonyl (C=O) groups excluding carboxylic acids is 1. The Morgan fingerprint density at radius 1 is 1.31 bits per heavy atom. The molecule has 2 aromatic rings. The lowest BCUT2D eigenvalue weighted by atomic mass is 10.1. The zero-order valence-electron chi connectivity index (χ0n) is 15.2. The molecule has 1 aliphatic rings. The van der Waals surface area contributed by atoms with Crippen LogP contribution in [0.15, 0.2) is 35.2 Å². The first-order valence-electron chi connectivity index (χ1n) is 8.46. The number of carboxylic acid groups (broad SMARTS) is 2. The van der Waals surface area contributed by atoms with E-state index in [-0.39, 0.29) is 22.1 Å². The molecule has 0 spiro atoms. The summed E-state index contributed by atoms with van der Waals surface area (Å²) in [6.07, 6.45) is 0.919. The Hall–Kier alpha value is -2.98. The first-order valence-corrected chi connectivity index (χ1v) is 9.69. The molecule has 0 bridgehead atoms. The highest BCUT2D eigenvalue weighted by molar-refractivity contribution is 8.26. The summed E-state index contributed by atoms with van der Waals surface area (Å²) in [4.78, 5) is 40.8. The lowest BCUT2D eigenvalue weighted by Gasteiger charge is -2.22. The quantitative estimate of drug-likeness (QED) is 0.503. The molecule has 10 heteroatoms. The van der Waals surface area contributed by atoms with Crippen LogP contribution < -0.4 is 4.74 Å². The highest BCUT2D eigenvalue weighted by Gasteiger charge is 2.40. The van der Waals surface area contributed by atoms with Crippen LogP contribution in [0.5, 0.6) is 5.75 Å². The van der Waals surface area contributed by atoms with E-state index < -0.39 is 23.9 Å². The van der Waals surface area contributed by atoms with Gasteiger partial charge >= 0.3 is 11.9 Å². The Morgan fingerprint density at radius 3 is 2.72 bits per heavy atom. The molecule has 150 valence electrons. The number of aliphatic carboxylic acids is 2. The number of fused-ring (bicyclic) bond motifs is 1. The van der Waals surface area contributed by atoms with Crippen molar-refractivity contribution in [2.24, 2.45) is 0 Å². The molecule has 2 heterocycles. The molecular formula is C19H16N2O6S2. The van der Waals surface area contributed by atoms with Crippen molar-refractivity contribution in [1.29, 1.82) is 0 Å². The number of carbonyl (C=O) groups is 3. The minimum absolute atomic E-state index is 0.0737. The second kappa shape index (κ2) is 8.58. The molecule has 3 rings (SSSR count). The van der Waals surface area contributed by atoms with Gasteiger partial charge in [0.05, 0.1) is 23.2 Å². The van der Waals surface area contributed by atoms with Crippen LogP contribution >= 0.6 is 24.0 Å². The fraction of sp³-hybridized carbons (Fsp3) is 0.211. The first kappa shape index (κ1) is 20.7. The van der Waals surface area contributed by atoms with E-state index in [2.05, 4.69) is 4.98 Å².